The Morgan fingerprint density at radius 1 is 1.11 bits per heavy atom. The normalized spacial score (nSPS) is 10.3. The van der Waals surface area contributed by atoms with Gasteiger partial charge in [-0.05, 0) is 36.2 Å². The first-order valence-electron chi connectivity index (χ1n) is 5.68. The van der Waals surface area contributed by atoms with E-state index in [1.54, 1.807) is 12.1 Å². The largest absolute Gasteiger partial charge is 0.294 e. The first-order valence-corrected chi connectivity index (χ1v) is 6.47. The van der Waals surface area contributed by atoms with Crippen LogP contribution in [0.1, 0.15) is 22.3 Å². The Hall–Kier alpha value is -1.48. The molecule has 18 heavy (non-hydrogen) atoms. The van der Waals surface area contributed by atoms with Crippen LogP contribution in [-0.2, 0) is 6.42 Å². The molecule has 2 aromatic carbocycles. The van der Waals surface area contributed by atoms with Crippen molar-refractivity contribution in [2.24, 2.45) is 0 Å². The summed E-state index contributed by atoms with van der Waals surface area (Å²) in [6.45, 7) is 0. The summed E-state index contributed by atoms with van der Waals surface area (Å²) in [5.74, 6) is -0.405. The number of halogens is 2. The minimum absolute atomic E-state index is 0.0329. The smallest absolute Gasteiger partial charge is 0.163 e. The third kappa shape index (κ3) is 3.50. The number of Topliss-reactive ketones (excluding diaryl/α,β-unsaturated/α-hetero) is 1. The fourth-order valence-electron chi connectivity index (χ4n) is 1.76. The Labute approximate surface area is 114 Å². The number of rotatable bonds is 4. The van der Waals surface area contributed by atoms with Gasteiger partial charge in [0.2, 0.25) is 0 Å². The maximum absolute atomic E-state index is 13.0. The van der Waals surface area contributed by atoms with Gasteiger partial charge in [0.1, 0.15) is 5.82 Å². The van der Waals surface area contributed by atoms with E-state index in [1.165, 1.54) is 12.1 Å². The maximum Gasteiger partial charge on any atom is 0.163 e. The Morgan fingerprint density at radius 2 is 1.89 bits per heavy atom. The van der Waals surface area contributed by atoms with E-state index in [4.69, 9.17) is 0 Å². The number of benzene rings is 2. The van der Waals surface area contributed by atoms with E-state index in [1.807, 2.05) is 24.3 Å². The van der Waals surface area contributed by atoms with Crippen molar-refractivity contribution in [3.05, 3.63) is 69.9 Å². The lowest BCUT2D eigenvalue weighted by molar-refractivity contribution is 0.0982. The Morgan fingerprint density at radius 3 is 2.61 bits per heavy atom. The van der Waals surface area contributed by atoms with E-state index in [2.05, 4.69) is 15.9 Å². The van der Waals surface area contributed by atoms with Crippen molar-refractivity contribution in [2.45, 2.75) is 12.8 Å². The molecule has 0 aliphatic rings. The fraction of sp³-hybridized carbons (Fsp3) is 0.133. The zero-order valence-electron chi connectivity index (χ0n) is 9.70. The minimum Gasteiger partial charge on any atom is -0.294 e. The summed E-state index contributed by atoms with van der Waals surface area (Å²) < 4.78 is 14.0. The lowest BCUT2D eigenvalue weighted by Gasteiger charge is -2.02. The topological polar surface area (TPSA) is 17.1 Å². The van der Waals surface area contributed by atoms with Crippen LogP contribution in [0.4, 0.5) is 4.39 Å². The van der Waals surface area contributed by atoms with Gasteiger partial charge in [0.15, 0.2) is 5.78 Å². The van der Waals surface area contributed by atoms with Gasteiger partial charge in [0, 0.05) is 16.5 Å². The van der Waals surface area contributed by atoms with Crippen molar-refractivity contribution in [3.63, 3.8) is 0 Å². The predicted octanol–water partition coefficient (Wildman–Crippen LogP) is 4.40. The van der Waals surface area contributed by atoms with Gasteiger partial charge in [-0.25, -0.2) is 4.39 Å². The standard InChI is InChI=1S/C15H12BrFO/c16-13-5-1-3-11(9-13)7-8-15(18)12-4-2-6-14(17)10-12/h1-6,9-10H,7-8H2. The Bertz CT molecular complexity index is 566. The molecule has 0 saturated heterocycles. The average Bonchev–Trinajstić information content (AvgIpc) is 2.36. The summed E-state index contributed by atoms with van der Waals surface area (Å²) in [6.07, 6.45) is 1.05. The highest BCUT2D eigenvalue weighted by atomic mass is 79.9. The van der Waals surface area contributed by atoms with Crippen LogP contribution in [0.25, 0.3) is 0 Å². The molecule has 0 N–H and O–H groups in total. The molecule has 1 nitrogen and oxygen atoms in total. The summed E-state index contributed by atoms with van der Waals surface area (Å²) in [5, 5.41) is 0. The van der Waals surface area contributed by atoms with Crippen molar-refractivity contribution in [1.29, 1.82) is 0 Å². The number of aryl methyl sites for hydroxylation is 1. The van der Waals surface area contributed by atoms with Crippen LogP contribution in [0.15, 0.2) is 53.0 Å². The first-order chi connectivity index (χ1) is 8.65. The molecule has 3 heteroatoms. The van der Waals surface area contributed by atoms with E-state index in [-0.39, 0.29) is 11.6 Å². The molecule has 0 atom stereocenters. The van der Waals surface area contributed by atoms with Crippen molar-refractivity contribution in [1.82, 2.24) is 0 Å². The van der Waals surface area contributed by atoms with Crippen LogP contribution in [0, 0.1) is 5.82 Å². The number of carbonyl (C=O) groups is 1. The van der Waals surface area contributed by atoms with Crippen LogP contribution in [-0.4, -0.2) is 5.78 Å². The molecule has 2 aromatic rings. The molecular formula is C15H12BrFO. The molecule has 2 rings (SSSR count). The number of hydrogen-bond donors (Lipinski definition) is 0. The van der Waals surface area contributed by atoms with Gasteiger partial charge in [-0.1, -0.05) is 40.2 Å². The Balaban J connectivity index is 2.00. The van der Waals surface area contributed by atoms with E-state index in [0.29, 0.717) is 18.4 Å². The van der Waals surface area contributed by atoms with Crippen molar-refractivity contribution in [3.8, 4) is 0 Å². The van der Waals surface area contributed by atoms with Crippen LogP contribution in [0.3, 0.4) is 0 Å². The molecule has 0 radical (unpaired) electrons. The van der Waals surface area contributed by atoms with E-state index in [0.717, 1.165) is 10.0 Å². The molecule has 0 bridgehead atoms. The molecule has 0 saturated carbocycles. The van der Waals surface area contributed by atoms with Gasteiger partial charge < -0.3 is 0 Å². The highest BCUT2D eigenvalue weighted by Gasteiger charge is 2.07. The molecule has 0 aliphatic carbocycles. The minimum atomic E-state index is -0.372. The maximum atomic E-state index is 13.0. The number of hydrogen-bond acceptors (Lipinski definition) is 1. The van der Waals surface area contributed by atoms with Crippen LogP contribution >= 0.6 is 15.9 Å². The summed E-state index contributed by atoms with van der Waals surface area (Å²) >= 11 is 3.39. The molecule has 0 amide bonds. The van der Waals surface area contributed by atoms with E-state index >= 15 is 0 Å². The highest BCUT2D eigenvalue weighted by molar-refractivity contribution is 9.10. The zero-order valence-corrected chi connectivity index (χ0v) is 11.3. The van der Waals surface area contributed by atoms with E-state index < -0.39 is 0 Å². The van der Waals surface area contributed by atoms with Gasteiger partial charge >= 0.3 is 0 Å². The third-order valence-corrected chi connectivity index (χ3v) is 3.17. The molecule has 0 heterocycles. The third-order valence-electron chi connectivity index (χ3n) is 2.68. The van der Waals surface area contributed by atoms with Crippen molar-refractivity contribution < 1.29 is 9.18 Å². The van der Waals surface area contributed by atoms with Gasteiger partial charge in [-0.2, -0.15) is 0 Å². The second-order valence-corrected chi connectivity index (χ2v) is 4.98. The summed E-state index contributed by atoms with van der Waals surface area (Å²) in [5.41, 5.74) is 1.53. The quantitative estimate of drug-likeness (QED) is 0.765. The van der Waals surface area contributed by atoms with Gasteiger partial charge in [0.25, 0.3) is 0 Å². The summed E-state index contributed by atoms with van der Waals surface area (Å²) in [7, 11) is 0. The predicted molar refractivity (Wildman–Crippen MR) is 73.2 cm³/mol. The summed E-state index contributed by atoms with van der Waals surface area (Å²) in [6, 6.07) is 13.7. The van der Waals surface area contributed by atoms with Crippen LogP contribution in [0.5, 0.6) is 0 Å². The lowest BCUT2D eigenvalue weighted by atomic mass is 10.0. The molecular weight excluding hydrogens is 295 g/mol. The first kappa shape index (κ1) is 13.0. The zero-order chi connectivity index (χ0) is 13.0. The second-order valence-electron chi connectivity index (χ2n) is 4.06. The molecule has 0 spiro atoms. The van der Waals surface area contributed by atoms with Crippen LogP contribution in [0.2, 0.25) is 0 Å². The monoisotopic (exact) mass is 306 g/mol. The summed E-state index contributed by atoms with van der Waals surface area (Å²) in [4.78, 5) is 11.9. The van der Waals surface area contributed by atoms with Gasteiger partial charge in [0.05, 0.1) is 0 Å². The molecule has 92 valence electrons. The van der Waals surface area contributed by atoms with Gasteiger partial charge in [-0.3, -0.25) is 4.79 Å². The van der Waals surface area contributed by atoms with E-state index in [9.17, 15) is 9.18 Å². The fourth-order valence-corrected chi connectivity index (χ4v) is 2.20. The Kier molecular flexibility index (Phi) is 4.26. The average molecular weight is 307 g/mol. The van der Waals surface area contributed by atoms with Gasteiger partial charge in [-0.15, -0.1) is 0 Å². The molecule has 0 aliphatic heterocycles. The van der Waals surface area contributed by atoms with Crippen molar-refractivity contribution >= 4 is 21.7 Å². The second kappa shape index (κ2) is 5.91. The SMILES string of the molecule is O=C(CCc1cccc(Br)c1)c1cccc(F)c1. The molecule has 0 unspecified atom stereocenters. The lowest BCUT2D eigenvalue weighted by Crippen LogP contribution is -2.01. The molecule has 0 fully saturated rings. The molecule has 0 aromatic heterocycles. The number of ketones is 1. The highest BCUT2D eigenvalue weighted by Crippen LogP contribution is 2.14. The number of carbonyl (C=O) groups excluding carboxylic acids is 1. The van der Waals surface area contributed by atoms with Crippen LogP contribution < -0.4 is 0 Å². The van der Waals surface area contributed by atoms with Crippen molar-refractivity contribution in [2.75, 3.05) is 0 Å².